The number of esters is 1. The zero-order valence-electron chi connectivity index (χ0n) is 8.53. The van der Waals surface area contributed by atoms with Crippen molar-refractivity contribution in [2.24, 2.45) is 0 Å². The standard InChI is InChI=1S/C11H10ClNO3/c1-16-11(15)10(14)6-2-3-9-7(4-6)8(12)5-13-9/h2-5,10,13-14H,1H3. The first-order valence-electron chi connectivity index (χ1n) is 4.66. The van der Waals surface area contributed by atoms with Crippen molar-refractivity contribution >= 4 is 28.5 Å². The fourth-order valence-corrected chi connectivity index (χ4v) is 1.73. The molecule has 0 aliphatic carbocycles. The van der Waals surface area contributed by atoms with E-state index in [1.807, 2.05) is 0 Å². The second kappa shape index (κ2) is 4.15. The lowest BCUT2D eigenvalue weighted by atomic mass is 10.1. The van der Waals surface area contributed by atoms with Crippen LogP contribution in [0.5, 0.6) is 0 Å². The van der Waals surface area contributed by atoms with Crippen LogP contribution in [0.3, 0.4) is 0 Å². The summed E-state index contributed by atoms with van der Waals surface area (Å²) in [6, 6.07) is 5.06. The third-order valence-electron chi connectivity index (χ3n) is 2.40. The maximum Gasteiger partial charge on any atom is 0.339 e. The molecule has 1 unspecified atom stereocenters. The number of halogens is 1. The van der Waals surface area contributed by atoms with E-state index in [9.17, 15) is 9.90 Å². The number of aliphatic hydroxyl groups is 1. The Morgan fingerprint density at radius 1 is 1.56 bits per heavy atom. The first kappa shape index (κ1) is 11.0. The molecule has 84 valence electrons. The van der Waals surface area contributed by atoms with E-state index in [2.05, 4.69) is 9.72 Å². The number of ether oxygens (including phenoxy) is 1. The summed E-state index contributed by atoms with van der Waals surface area (Å²) >= 11 is 5.93. The molecule has 1 heterocycles. The summed E-state index contributed by atoms with van der Waals surface area (Å²) in [6.45, 7) is 0. The van der Waals surface area contributed by atoms with Crippen molar-refractivity contribution in [3.05, 3.63) is 35.0 Å². The lowest BCUT2D eigenvalue weighted by Crippen LogP contribution is -2.13. The monoisotopic (exact) mass is 239 g/mol. The van der Waals surface area contributed by atoms with E-state index in [1.165, 1.54) is 7.11 Å². The van der Waals surface area contributed by atoms with Gasteiger partial charge in [-0.1, -0.05) is 17.7 Å². The van der Waals surface area contributed by atoms with Crippen molar-refractivity contribution < 1.29 is 14.6 Å². The third-order valence-corrected chi connectivity index (χ3v) is 2.71. The van der Waals surface area contributed by atoms with Gasteiger partial charge in [0.2, 0.25) is 0 Å². The van der Waals surface area contributed by atoms with Crippen LogP contribution in [0.4, 0.5) is 0 Å². The number of aromatic amines is 1. The highest BCUT2D eigenvalue weighted by atomic mass is 35.5. The molecule has 0 aliphatic heterocycles. The smallest absolute Gasteiger partial charge is 0.339 e. The molecule has 0 radical (unpaired) electrons. The quantitative estimate of drug-likeness (QED) is 0.789. The van der Waals surface area contributed by atoms with Crippen LogP contribution < -0.4 is 0 Å². The number of benzene rings is 1. The van der Waals surface area contributed by atoms with Gasteiger partial charge in [-0.3, -0.25) is 0 Å². The van der Waals surface area contributed by atoms with Crippen LogP contribution in [-0.2, 0) is 9.53 Å². The van der Waals surface area contributed by atoms with E-state index in [0.717, 1.165) is 10.9 Å². The van der Waals surface area contributed by atoms with Gasteiger partial charge in [0.1, 0.15) is 0 Å². The number of hydrogen-bond donors (Lipinski definition) is 2. The number of H-pyrrole nitrogens is 1. The molecule has 0 saturated heterocycles. The van der Waals surface area contributed by atoms with Gasteiger partial charge in [-0.25, -0.2) is 4.79 Å². The molecule has 0 spiro atoms. The molecule has 5 heteroatoms. The van der Waals surface area contributed by atoms with Crippen LogP contribution in [-0.4, -0.2) is 23.2 Å². The minimum Gasteiger partial charge on any atom is -0.467 e. The van der Waals surface area contributed by atoms with Crippen LogP contribution in [0.2, 0.25) is 5.02 Å². The highest BCUT2D eigenvalue weighted by molar-refractivity contribution is 6.35. The first-order valence-corrected chi connectivity index (χ1v) is 5.03. The number of rotatable bonds is 2. The Bertz CT molecular complexity index is 535. The van der Waals surface area contributed by atoms with Gasteiger partial charge in [0.25, 0.3) is 0 Å². The minimum absolute atomic E-state index is 0.459. The zero-order chi connectivity index (χ0) is 11.7. The summed E-state index contributed by atoms with van der Waals surface area (Å²) in [5.74, 6) is -0.689. The lowest BCUT2D eigenvalue weighted by molar-refractivity contribution is -0.150. The number of fused-ring (bicyclic) bond motifs is 1. The third kappa shape index (κ3) is 1.77. The van der Waals surface area contributed by atoms with E-state index in [1.54, 1.807) is 24.4 Å². The normalized spacial score (nSPS) is 12.7. The molecule has 2 rings (SSSR count). The fraction of sp³-hybridized carbons (Fsp3) is 0.182. The molecule has 2 aromatic rings. The second-order valence-corrected chi connectivity index (χ2v) is 3.77. The molecule has 2 N–H and O–H groups in total. The molecule has 0 aliphatic rings. The van der Waals surface area contributed by atoms with Crippen molar-refractivity contribution in [3.63, 3.8) is 0 Å². The van der Waals surface area contributed by atoms with E-state index in [-0.39, 0.29) is 0 Å². The second-order valence-electron chi connectivity index (χ2n) is 3.37. The van der Waals surface area contributed by atoms with Gasteiger partial charge in [-0.2, -0.15) is 0 Å². The Hall–Kier alpha value is -1.52. The van der Waals surface area contributed by atoms with Gasteiger partial charge >= 0.3 is 5.97 Å². The summed E-state index contributed by atoms with van der Waals surface area (Å²) in [5, 5.41) is 11.0. The van der Waals surface area contributed by atoms with E-state index in [4.69, 9.17) is 11.6 Å². The summed E-state index contributed by atoms with van der Waals surface area (Å²) in [7, 11) is 1.23. The van der Waals surface area contributed by atoms with Crippen molar-refractivity contribution in [2.45, 2.75) is 6.10 Å². The van der Waals surface area contributed by atoms with E-state index in [0.29, 0.717) is 10.6 Å². The molecule has 1 aromatic carbocycles. The minimum atomic E-state index is -1.28. The molecule has 16 heavy (non-hydrogen) atoms. The van der Waals surface area contributed by atoms with E-state index >= 15 is 0 Å². The van der Waals surface area contributed by atoms with Crippen molar-refractivity contribution in [2.75, 3.05) is 7.11 Å². The summed E-state index contributed by atoms with van der Waals surface area (Å²) < 4.78 is 4.46. The Kier molecular flexibility index (Phi) is 2.85. The first-order chi connectivity index (χ1) is 7.63. The molecule has 0 fully saturated rings. The van der Waals surface area contributed by atoms with Gasteiger partial charge in [-0.05, 0) is 17.7 Å². The molecule has 0 amide bonds. The van der Waals surface area contributed by atoms with Gasteiger partial charge < -0.3 is 14.8 Å². The lowest BCUT2D eigenvalue weighted by Gasteiger charge is -2.08. The van der Waals surface area contributed by atoms with Gasteiger partial charge in [0, 0.05) is 17.1 Å². The maximum atomic E-state index is 11.2. The van der Waals surface area contributed by atoms with Crippen LogP contribution in [0.1, 0.15) is 11.7 Å². The highest BCUT2D eigenvalue weighted by Gasteiger charge is 2.18. The fourth-order valence-electron chi connectivity index (χ4n) is 1.52. The highest BCUT2D eigenvalue weighted by Crippen LogP contribution is 2.26. The van der Waals surface area contributed by atoms with Gasteiger partial charge in [0.05, 0.1) is 12.1 Å². The number of aromatic nitrogens is 1. The predicted octanol–water partition coefficient (Wildman–Crippen LogP) is 2.03. The van der Waals surface area contributed by atoms with Crippen molar-refractivity contribution in [1.82, 2.24) is 4.98 Å². The molecular formula is C11H10ClNO3. The molecule has 1 aromatic heterocycles. The maximum absolute atomic E-state index is 11.2. The molecule has 0 bridgehead atoms. The van der Waals surface area contributed by atoms with Crippen LogP contribution in [0.25, 0.3) is 10.9 Å². The summed E-state index contributed by atoms with van der Waals surface area (Å²) in [5.41, 5.74) is 1.31. The zero-order valence-corrected chi connectivity index (χ0v) is 9.28. The Morgan fingerprint density at radius 3 is 3.00 bits per heavy atom. The average molecular weight is 240 g/mol. The van der Waals surface area contributed by atoms with E-state index < -0.39 is 12.1 Å². The molecular weight excluding hydrogens is 230 g/mol. The largest absolute Gasteiger partial charge is 0.467 e. The van der Waals surface area contributed by atoms with Gasteiger partial charge in [-0.15, -0.1) is 0 Å². The van der Waals surface area contributed by atoms with Crippen molar-refractivity contribution in [3.8, 4) is 0 Å². The van der Waals surface area contributed by atoms with Crippen LogP contribution >= 0.6 is 11.6 Å². The number of aliphatic hydroxyl groups excluding tert-OH is 1. The Morgan fingerprint density at radius 2 is 2.31 bits per heavy atom. The summed E-state index contributed by atoms with van der Waals surface area (Å²) in [4.78, 5) is 14.1. The number of methoxy groups -OCH3 is 1. The number of carbonyl (C=O) groups is 1. The number of hydrogen-bond acceptors (Lipinski definition) is 3. The predicted molar refractivity (Wildman–Crippen MR) is 60.3 cm³/mol. The SMILES string of the molecule is COC(=O)C(O)c1ccc2[nH]cc(Cl)c2c1. The van der Waals surface area contributed by atoms with Crippen molar-refractivity contribution in [1.29, 1.82) is 0 Å². The number of nitrogens with one attached hydrogen (secondary N) is 1. The molecule has 1 atom stereocenters. The average Bonchev–Trinajstić information content (AvgIpc) is 2.68. The summed E-state index contributed by atoms with van der Waals surface area (Å²) in [6.07, 6.45) is 0.376. The Labute approximate surface area is 96.8 Å². The topological polar surface area (TPSA) is 62.3 Å². The molecule has 4 nitrogen and oxygen atoms in total. The molecule has 0 saturated carbocycles. The van der Waals surface area contributed by atoms with Crippen LogP contribution in [0.15, 0.2) is 24.4 Å². The Balaban J connectivity index is 2.45. The van der Waals surface area contributed by atoms with Crippen LogP contribution in [0, 0.1) is 0 Å². The van der Waals surface area contributed by atoms with Gasteiger partial charge in [0.15, 0.2) is 6.10 Å². The number of carbonyl (C=O) groups excluding carboxylic acids is 1.